The molecule has 4 aliphatic rings. The van der Waals surface area contributed by atoms with E-state index in [9.17, 15) is 9.59 Å². The molecule has 5 heteroatoms. The molecule has 0 aromatic heterocycles. The van der Waals surface area contributed by atoms with E-state index < -0.39 is 6.29 Å². The molecule has 0 spiro atoms. The number of hydrogen-bond donors (Lipinski definition) is 0. The van der Waals surface area contributed by atoms with Crippen LogP contribution in [-0.2, 0) is 19.1 Å². The Hall–Kier alpha value is -1.98. The van der Waals surface area contributed by atoms with Crippen LogP contribution in [0.5, 0.6) is 0 Å². The molecule has 4 aliphatic heterocycles. The molecule has 0 radical (unpaired) electrons. The predicted octanol–water partition coefficient (Wildman–Crippen LogP) is 1.42. The van der Waals surface area contributed by atoms with E-state index in [1.165, 1.54) is 0 Å². The summed E-state index contributed by atoms with van der Waals surface area (Å²) in [7, 11) is 0. The zero-order valence-corrected chi connectivity index (χ0v) is 12.7. The molecule has 5 nitrogen and oxygen atoms in total. The number of para-hydroxylation sites is 1. The molecule has 0 saturated carbocycles. The normalized spacial score (nSPS) is 39.9. The minimum absolute atomic E-state index is 0.0217. The van der Waals surface area contributed by atoms with Gasteiger partial charge in [0.1, 0.15) is 0 Å². The van der Waals surface area contributed by atoms with Gasteiger partial charge in [-0.3, -0.25) is 9.59 Å². The molecule has 0 N–H and O–H groups in total. The fourth-order valence-electron chi connectivity index (χ4n) is 4.74. The van der Waals surface area contributed by atoms with E-state index in [0.717, 1.165) is 11.3 Å². The molecule has 0 amide bonds. The lowest BCUT2D eigenvalue weighted by molar-refractivity contribution is -0.164. The Morgan fingerprint density at radius 1 is 1.30 bits per heavy atom. The standard InChI is InChI=1S/C18H17NO4/c1-9(20)16-15-13-8-22-18(23-13)17(21)14(15)12-7-6-10-4-2-3-5-11(10)19(12)16/h2-7,12-16,18H,8H2,1H3/t12-,13-,14+,15+,16-,18-/m0/s1. The van der Waals surface area contributed by atoms with Crippen LogP contribution in [0, 0.1) is 11.8 Å². The van der Waals surface area contributed by atoms with Crippen LogP contribution in [0.15, 0.2) is 30.3 Å². The number of carbonyl (C=O) groups is 2. The molecule has 1 aromatic rings. The zero-order chi connectivity index (χ0) is 15.7. The van der Waals surface area contributed by atoms with Gasteiger partial charge in [0.2, 0.25) is 6.29 Å². The first-order chi connectivity index (χ1) is 11.2. The van der Waals surface area contributed by atoms with Crippen molar-refractivity contribution in [2.24, 2.45) is 11.8 Å². The van der Waals surface area contributed by atoms with Crippen LogP contribution in [0.3, 0.4) is 0 Å². The second kappa shape index (κ2) is 4.52. The molecular formula is C18H17NO4. The fourth-order valence-corrected chi connectivity index (χ4v) is 4.74. The summed E-state index contributed by atoms with van der Waals surface area (Å²) in [5.74, 6) is -0.319. The first kappa shape index (κ1) is 13.5. The second-order valence-electron chi connectivity index (χ2n) is 6.72. The van der Waals surface area contributed by atoms with E-state index >= 15 is 0 Å². The third-order valence-electron chi connectivity index (χ3n) is 5.57. The summed E-state index contributed by atoms with van der Waals surface area (Å²) in [5, 5.41) is 0. The summed E-state index contributed by atoms with van der Waals surface area (Å²) in [6, 6.07) is 7.59. The Balaban J connectivity index is 1.69. The van der Waals surface area contributed by atoms with Gasteiger partial charge in [0.05, 0.1) is 30.7 Å². The average Bonchev–Trinajstić information content (AvgIpc) is 3.13. The molecular weight excluding hydrogens is 294 g/mol. The number of hydrogen-bond acceptors (Lipinski definition) is 5. The van der Waals surface area contributed by atoms with Gasteiger partial charge in [0.15, 0.2) is 11.6 Å². The Morgan fingerprint density at radius 3 is 2.96 bits per heavy atom. The van der Waals surface area contributed by atoms with Crippen molar-refractivity contribution in [3.05, 3.63) is 35.9 Å². The van der Waals surface area contributed by atoms with Crippen molar-refractivity contribution in [2.75, 3.05) is 11.5 Å². The van der Waals surface area contributed by atoms with Crippen molar-refractivity contribution in [3.63, 3.8) is 0 Å². The number of carbonyl (C=O) groups excluding carboxylic acids is 2. The maximum absolute atomic E-state index is 12.8. The lowest BCUT2D eigenvalue weighted by atomic mass is 9.78. The minimum Gasteiger partial charge on any atom is -0.353 e. The topological polar surface area (TPSA) is 55.8 Å². The van der Waals surface area contributed by atoms with Crippen LogP contribution in [0.4, 0.5) is 5.69 Å². The van der Waals surface area contributed by atoms with Crippen LogP contribution in [0.1, 0.15) is 12.5 Å². The molecule has 118 valence electrons. The number of fused-ring (bicyclic) bond motifs is 8. The monoisotopic (exact) mass is 311 g/mol. The quantitative estimate of drug-likeness (QED) is 0.785. The largest absolute Gasteiger partial charge is 0.353 e. The number of nitrogens with zero attached hydrogens (tertiary/aromatic N) is 1. The van der Waals surface area contributed by atoms with E-state index in [-0.39, 0.29) is 41.6 Å². The van der Waals surface area contributed by atoms with Crippen LogP contribution in [0.2, 0.25) is 0 Å². The molecule has 0 unspecified atom stereocenters. The average molecular weight is 311 g/mol. The van der Waals surface area contributed by atoms with Crippen molar-refractivity contribution in [1.82, 2.24) is 0 Å². The molecule has 2 bridgehead atoms. The second-order valence-corrected chi connectivity index (χ2v) is 6.72. The molecule has 5 rings (SSSR count). The minimum atomic E-state index is -0.751. The maximum Gasteiger partial charge on any atom is 0.218 e. The van der Waals surface area contributed by atoms with Crippen molar-refractivity contribution in [3.8, 4) is 0 Å². The fraction of sp³-hybridized carbons (Fsp3) is 0.444. The van der Waals surface area contributed by atoms with E-state index in [1.54, 1.807) is 6.92 Å². The number of ether oxygens (including phenoxy) is 2. The predicted molar refractivity (Wildman–Crippen MR) is 82.8 cm³/mol. The van der Waals surface area contributed by atoms with Crippen molar-refractivity contribution in [1.29, 1.82) is 0 Å². The first-order valence-corrected chi connectivity index (χ1v) is 8.03. The van der Waals surface area contributed by atoms with E-state index in [0.29, 0.717) is 6.61 Å². The lowest BCUT2D eigenvalue weighted by Gasteiger charge is -2.35. The van der Waals surface area contributed by atoms with Crippen molar-refractivity contribution in [2.45, 2.75) is 31.4 Å². The molecule has 23 heavy (non-hydrogen) atoms. The van der Waals surface area contributed by atoms with E-state index in [2.05, 4.69) is 17.1 Å². The van der Waals surface area contributed by atoms with Crippen molar-refractivity contribution >= 4 is 23.3 Å². The summed E-state index contributed by atoms with van der Waals surface area (Å²) >= 11 is 0. The number of ketones is 2. The highest BCUT2D eigenvalue weighted by Gasteiger charge is 2.62. The Morgan fingerprint density at radius 2 is 2.13 bits per heavy atom. The maximum atomic E-state index is 12.8. The number of rotatable bonds is 1. The first-order valence-electron chi connectivity index (χ1n) is 8.03. The highest BCUT2D eigenvalue weighted by molar-refractivity contribution is 5.95. The van der Waals surface area contributed by atoms with Gasteiger partial charge in [-0.15, -0.1) is 0 Å². The summed E-state index contributed by atoms with van der Waals surface area (Å²) in [4.78, 5) is 27.4. The molecule has 4 heterocycles. The Labute approximate surface area is 133 Å². The highest BCUT2D eigenvalue weighted by atomic mass is 16.7. The van der Waals surface area contributed by atoms with Gasteiger partial charge >= 0.3 is 0 Å². The third-order valence-corrected chi connectivity index (χ3v) is 5.57. The van der Waals surface area contributed by atoms with Crippen LogP contribution in [0.25, 0.3) is 6.08 Å². The van der Waals surface area contributed by atoms with Crippen LogP contribution < -0.4 is 4.90 Å². The molecule has 3 fully saturated rings. The summed E-state index contributed by atoms with van der Waals surface area (Å²) in [6.45, 7) is 2.00. The number of Topliss-reactive ketones (excluding diaryl/α,β-unsaturated/α-hetero) is 2. The molecule has 0 aliphatic carbocycles. The van der Waals surface area contributed by atoms with Gasteiger partial charge in [-0.25, -0.2) is 0 Å². The summed E-state index contributed by atoms with van der Waals surface area (Å²) in [6.07, 6.45) is 3.19. The third kappa shape index (κ3) is 1.64. The summed E-state index contributed by atoms with van der Waals surface area (Å²) in [5.41, 5.74) is 2.11. The Bertz CT molecular complexity index is 742. The zero-order valence-electron chi connectivity index (χ0n) is 12.7. The SMILES string of the molecule is CC(=O)[C@H]1[C@H]2[C@H](C(=O)[C@H]3OC[C@@H]2O3)[C@@H]2C=Cc3ccccc3N21. The Kier molecular flexibility index (Phi) is 2.65. The van der Waals surface area contributed by atoms with Gasteiger partial charge < -0.3 is 14.4 Å². The van der Waals surface area contributed by atoms with Crippen LogP contribution >= 0.6 is 0 Å². The molecule has 1 aromatic carbocycles. The van der Waals surface area contributed by atoms with Gasteiger partial charge in [-0.2, -0.15) is 0 Å². The van der Waals surface area contributed by atoms with Gasteiger partial charge in [0, 0.05) is 11.6 Å². The lowest BCUT2D eigenvalue weighted by Crippen LogP contribution is -2.48. The van der Waals surface area contributed by atoms with Gasteiger partial charge in [-0.1, -0.05) is 30.4 Å². The van der Waals surface area contributed by atoms with E-state index in [4.69, 9.17) is 9.47 Å². The van der Waals surface area contributed by atoms with Crippen LogP contribution in [-0.4, -0.2) is 42.7 Å². The van der Waals surface area contributed by atoms with Crippen molar-refractivity contribution < 1.29 is 19.1 Å². The summed E-state index contributed by atoms with van der Waals surface area (Å²) < 4.78 is 11.2. The van der Waals surface area contributed by atoms with Gasteiger partial charge in [0.25, 0.3) is 0 Å². The molecule has 6 atom stereocenters. The highest BCUT2D eigenvalue weighted by Crippen LogP contribution is 2.50. The molecule has 3 saturated heterocycles. The smallest absolute Gasteiger partial charge is 0.218 e. The number of benzene rings is 1. The number of anilines is 1. The van der Waals surface area contributed by atoms with E-state index in [1.807, 2.05) is 24.3 Å². The van der Waals surface area contributed by atoms with Gasteiger partial charge in [-0.05, 0) is 18.6 Å².